The number of Topliss-reactive ketones (excluding diaryl/α,β-unsaturated/α-hetero) is 1. The Labute approximate surface area is 127 Å². The average molecular weight is 287 g/mol. The molecule has 1 aliphatic heterocycles. The number of benzene rings is 1. The normalized spacial score (nSPS) is 20.7. The molecule has 1 aromatic carbocycles. The zero-order valence-electron chi connectivity index (χ0n) is 13.0. The van der Waals surface area contributed by atoms with Gasteiger partial charge in [-0.15, -0.1) is 0 Å². The van der Waals surface area contributed by atoms with Gasteiger partial charge in [0.25, 0.3) is 0 Å². The molecule has 0 spiro atoms. The second kappa shape index (κ2) is 7.39. The summed E-state index contributed by atoms with van der Waals surface area (Å²) in [6.45, 7) is 4.37. The number of rotatable bonds is 4. The van der Waals surface area contributed by atoms with Crippen LogP contribution in [0.1, 0.15) is 57.4 Å². The molecule has 21 heavy (non-hydrogen) atoms. The highest BCUT2D eigenvalue weighted by Gasteiger charge is 2.29. The lowest BCUT2D eigenvalue weighted by Gasteiger charge is -2.32. The molecule has 2 rings (SSSR count). The van der Waals surface area contributed by atoms with Crippen molar-refractivity contribution in [1.29, 1.82) is 0 Å². The molecule has 0 aliphatic carbocycles. The van der Waals surface area contributed by atoms with Crippen LogP contribution < -0.4 is 0 Å². The van der Waals surface area contributed by atoms with E-state index in [0.717, 1.165) is 37.8 Å². The molecule has 1 aromatic rings. The number of nitrogens with zero attached hydrogens (tertiary/aromatic N) is 1. The fourth-order valence-corrected chi connectivity index (χ4v) is 3.14. The number of carbonyl (C=O) groups excluding carboxylic acids is 2. The van der Waals surface area contributed by atoms with Crippen molar-refractivity contribution in [2.24, 2.45) is 0 Å². The Morgan fingerprint density at radius 1 is 1.19 bits per heavy atom. The van der Waals surface area contributed by atoms with E-state index in [1.165, 1.54) is 0 Å². The molecular formula is C18H25NO2. The van der Waals surface area contributed by atoms with E-state index in [4.69, 9.17) is 0 Å². The molecule has 0 radical (unpaired) electrons. The van der Waals surface area contributed by atoms with Crippen LogP contribution in [0.15, 0.2) is 30.3 Å². The van der Waals surface area contributed by atoms with Crippen LogP contribution in [0.4, 0.5) is 0 Å². The Balaban J connectivity index is 2.15. The summed E-state index contributed by atoms with van der Waals surface area (Å²) in [4.78, 5) is 26.3. The maximum Gasteiger partial charge on any atom is 0.230 e. The first-order valence-electron chi connectivity index (χ1n) is 7.94. The molecule has 0 saturated carbocycles. The maximum absolute atomic E-state index is 12.9. The van der Waals surface area contributed by atoms with Gasteiger partial charge in [-0.2, -0.15) is 0 Å². The van der Waals surface area contributed by atoms with Gasteiger partial charge in [0, 0.05) is 19.0 Å². The Morgan fingerprint density at radius 2 is 1.90 bits per heavy atom. The summed E-state index contributed by atoms with van der Waals surface area (Å²) in [5, 5.41) is 0. The Kier molecular flexibility index (Phi) is 5.54. The summed E-state index contributed by atoms with van der Waals surface area (Å²) in [6.07, 6.45) is 4.75. The standard InChI is InChI=1S/C18H25NO2/c1-14(20)13-17-11-7-4-8-12-19(17)18(21)15(2)16-9-5-3-6-10-16/h3,5-6,9-10,15,17H,4,7-8,11-13H2,1-2H3. The molecule has 0 aromatic heterocycles. The van der Waals surface area contributed by atoms with Crippen molar-refractivity contribution in [2.45, 2.75) is 57.9 Å². The Morgan fingerprint density at radius 3 is 2.57 bits per heavy atom. The van der Waals surface area contributed by atoms with E-state index < -0.39 is 0 Å². The zero-order valence-corrected chi connectivity index (χ0v) is 13.0. The molecule has 2 atom stereocenters. The highest BCUT2D eigenvalue weighted by atomic mass is 16.2. The Bertz CT molecular complexity index is 483. The fourth-order valence-electron chi connectivity index (χ4n) is 3.14. The first kappa shape index (κ1) is 15.7. The molecule has 1 heterocycles. The monoisotopic (exact) mass is 287 g/mol. The lowest BCUT2D eigenvalue weighted by molar-refractivity contribution is -0.135. The summed E-state index contributed by atoms with van der Waals surface area (Å²) >= 11 is 0. The van der Waals surface area contributed by atoms with Crippen LogP contribution in [0.5, 0.6) is 0 Å². The van der Waals surface area contributed by atoms with Crippen LogP contribution in [0.25, 0.3) is 0 Å². The van der Waals surface area contributed by atoms with Crippen molar-refractivity contribution in [1.82, 2.24) is 4.90 Å². The number of ketones is 1. The molecule has 1 amide bonds. The van der Waals surface area contributed by atoms with E-state index in [1.807, 2.05) is 42.2 Å². The van der Waals surface area contributed by atoms with E-state index >= 15 is 0 Å². The van der Waals surface area contributed by atoms with Gasteiger partial charge in [0.2, 0.25) is 5.91 Å². The summed E-state index contributed by atoms with van der Waals surface area (Å²) < 4.78 is 0. The van der Waals surface area contributed by atoms with Crippen LogP contribution in [-0.4, -0.2) is 29.2 Å². The third kappa shape index (κ3) is 4.16. The number of likely N-dealkylation sites (tertiary alicyclic amines) is 1. The molecule has 114 valence electrons. The lowest BCUT2D eigenvalue weighted by atomic mass is 9.97. The molecular weight excluding hydrogens is 262 g/mol. The van der Waals surface area contributed by atoms with Crippen molar-refractivity contribution >= 4 is 11.7 Å². The maximum atomic E-state index is 12.9. The predicted octanol–water partition coefficient (Wildman–Crippen LogP) is 3.54. The number of hydrogen-bond donors (Lipinski definition) is 0. The van der Waals surface area contributed by atoms with E-state index in [-0.39, 0.29) is 23.7 Å². The molecule has 1 fully saturated rings. The molecule has 3 nitrogen and oxygen atoms in total. The quantitative estimate of drug-likeness (QED) is 0.849. The van der Waals surface area contributed by atoms with Crippen LogP contribution in [0.3, 0.4) is 0 Å². The summed E-state index contributed by atoms with van der Waals surface area (Å²) in [5.74, 6) is 0.195. The van der Waals surface area contributed by atoms with Crippen molar-refractivity contribution < 1.29 is 9.59 Å². The lowest BCUT2D eigenvalue weighted by Crippen LogP contribution is -2.43. The summed E-state index contributed by atoms with van der Waals surface area (Å²) in [5.41, 5.74) is 1.05. The van der Waals surface area contributed by atoms with Gasteiger partial charge in [-0.25, -0.2) is 0 Å². The SMILES string of the molecule is CC(=O)CC1CCCCCN1C(=O)C(C)c1ccccc1. The van der Waals surface area contributed by atoms with Crippen molar-refractivity contribution in [3.8, 4) is 0 Å². The first-order valence-corrected chi connectivity index (χ1v) is 7.94. The second-order valence-corrected chi connectivity index (χ2v) is 6.07. The first-order chi connectivity index (χ1) is 10.1. The minimum absolute atomic E-state index is 0.0867. The van der Waals surface area contributed by atoms with Gasteiger partial charge >= 0.3 is 0 Å². The molecule has 0 bridgehead atoms. The van der Waals surface area contributed by atoms with Gasteiger partial charge in [-0.1, -0.05) is 43.2 Å². The molecule has 1 aliphatic rings. The minimum atomic E-state index is -0.140. The number of amides is 1. The van der Waals surface area contributed by atoms with E-state index in [1.54, 1.807) is 6.92 Å². The van der Waals surface area contributed by atoms with E-state index in [9.17, 15) is 9.59 Å². The number of carbonyl (C=O) groups is 2. The number of hydrogen-bond acceptors (Lipinski definition) is 2. The fraction of sp³-hybridized carbons (Fsp3) is 0.556. The summed E-state index contributed by atoms with van der Waals surface area (Å²) in [6, 6.07) is 9.98. The van der Waals surface area contributed by atoms with Crippen LogP contribution >= 0.6 is 0 Å². The van der Waals surface area contributed by atoms with E-state index in [0.29, 0.717) is 6.42 Å². The summed E-state index contributed by atoms with van der Waals surface area (Å²) in [7, 11) is 0. The third-order valence-electron chi connectivity index (χ3n) is 4.35. The smallest absolute Gasteiger partial charge is 0.230 e. The van der Waals surface area contributed by atoms with Gasteiger partial charge in [0.15, 0.2) is 0 Å². The van der Waals surface area contributed by atoms with Gasteiger partial charge in [0.1, 0.15) is 5.78 Å². The molecule has 2 unspecified atom stereocenters. The molecule has 3 heteroatoms. The van der Waals surface area contributed by atoms with Crippen molar-refractivity contribution in [2.75, 3.05) is 6.54 Å². The Hall–Kier alpha value is -1.64. The minimum Gasteiger partial charge on any atom is -0.339 e. The highest BCUT2D eigenvalue weighted by molar-refractivity contribution is 5.84. The largest absolute Gasteiger partial charge is 0.339 e. The predicted molar refractivity (Wildman–Crippen MR) is 84.1 cm³/mol. The molecule has 0 N–H and O–H groups in total. The van der Waals surface area contributed by atoms with Crippen LogP contribution in [-0.2, 0) is 9.59 Å². The van der Waals surface area contributed by atoms with E-state index in [2.05, 4.69) is 0 Å². The average Bonchev–Trinajstić information content (AvgIpc) is 2.71. The third-order valence-corrected chi connectivity index (χ3v) is 4.35. The van der Waals surface area contributed by atoms with Gasteiger partial charge in [0.05, 0.1) is 5.92 Å². The topological polar surface area (TPSA) is 37.4 Å². The zero-order chi connectivity index (χ0) is 15.2. The van der Waals surface area contributed by atoms with Crippen molar-refractivity contribution in [3.05, 3.63) is 35.9 Å². The van der Waals surface area contributed by atoms with Crippen LogP contribution in [0.2, 0.25) is 0 Å². The molecule has 1 saturated heterocycles. The van der Waals surface area contributed by atoms with Crippen LogP contribution in [0, 0.1) is 0 Å². The van der Waals surface area contributed by atoms with Gasteiger partial charge < -0.3 is 4.90 Å². The van der Waals surface area contributed by atoms with Gasteiger partial charge in [-0.3, -0.25) is 9.59 Å². The van der Waals surface area contributed by atoms with Gasteiger partial charge in [-0.05, 0) is 32.3 Å². The highest BCUT2D eigenvalue weighted by Crippen LogP contribution is 2.25. The van der Waals surface area contributed by atoms with Crippen molar-refractivity contribution in [3.63, 3.8) is 0 Å². The second-order valence-electron chi connectivity index (χ2n) is 6.07.